The van der Waals surface area contributed by atoms with E-state index in [-0.39, 0.29) is 11.8 Å². The number of quaternary nitrogens is 1. The number of primary amides is 1. The van der Waals surface area contributed by atoms with Gasteiger partial charge in [-0.15, -0.1) is 0 Å². The fourth-order valence-corrected chi connectivity index (χ4v) is 5.56. The van der Waals surface area contributed by atoms with Crippen molar-refractivity contribution in [3.8, 4) is 11.8 Å². The fourth-order valence-electron chi connectivity index (χ4n) is 5.56. The molecule has 1 amide bonds. The zero-order valence-electron chi connectivity index (χ0n) is 19.7. The summed E-state index contributed by atoms with van der Waals surface area (Å²) in [7, 11) is 2.26. The zero-order valence-corrected chi connectivity index (χ0v) is 19.7. The predicted molar refractivity (Wildman–Crippen MR) is 133 cm³/mol. The molecule has 1 fully saturated rings. The molecule has 1 aliphatic heterocycles. The van der Waals surface area contributed by atoms with Crippen molar-refractivity contribution < 1.29 is 14.0 Å². The minimum absolute atomic E-state index is 0.105. The van der Waals surface area contributed by atoms with Gasteiger partial charge in [0.15, 0.2) is 0 Å². The number of ether oxygens (including phenoxy) is 1. The number of rotatable bonds is 9. The summed E-state index contributed by atoms with van der Waals surface area (Å²) in [5, 5.41) is 9.06. The molecule has 1 aliphatic rings. The lowest BCUT2D eigenvalue weighted by Gasteiger charge is -2.38. The Morgan fingerprint density at radius 1 is 1.06 bits per heavy atom. The molecule has 3 aromatic carbocycles. The van der Waals surface area contributed by atoms with Gasteiger partial charge >= 0.3 is 0 Å². The molecule has 1 unspecified atom stereocenters. The van der Waals surface area contributed by atoms with E-state index in [4.69, 9.17) is 15.7 Å². The highest BCUT2D eigenvalue weighted by molar-refractivity contribution is 5.91. The predicted octanol–water partition coefficient (Wildman–Crippen LogP) is 4.27. The monoisotopic (exact) mass is 454 g/mol. The minimum atomic E-state index is -0.854. The smallest absolute Gasteiger partial charge is 0.233 e. The molecule has 1 saturated heterocycles. The average Bonchev–Trinajstić information content (AvgIpc) is 3.26. The molecule has 2 atom stereocenters. The Bertz CT molecular complexity index is 1120. The molecule has 34 heavy (non-hydrogen) atoms. The van der Waals surface area contributed by atoms with Gasteiger partial charge in [0.1, 0.15) is 11.2 Å². The van der Waals surface area contributed by atoms with Gasteiger partial charge in [0.05, 0.1) is 44.9 Å². The minimum Gasteiger partial charge on any atom is -0.493 e. The molecule has 0 radical (unpaired) electrons. The Morgan fingerprint density at radius 2 is 1.71 bits per heavy atom. The van der Waals surface area contributed by atoms with Gasteiger partial charge in [-0.1, -0.05) is 66.7 Å². The third kappa shape index (κ3) is 4.69. The van der Waals surface area contributed by atoms with E-state index < -0.39 is 5.41 Å². The van der Waals surface area contributed by atoms with Gasteiger partial charge < -0.3 is 15.0 Å². The first kappa shape index (κ1) is 23.5. The van der Waals surface area contributed by atoms with E-state index in [0.717, 1.165) is 53.8 Å². The van der Waals surface area contributed by atoms with Gasteiger partial charge in [-0.2, -0.15) is 5.26 Å². The number of carbonyl (C=O) groups excluding carboxylic acids is 1. The van der Waals surface area contributed by atoms with Crippen LogP contribution in [0.25, 0.3) is 0 Å². The summed E-state index contributed by atoms with van der Waals surface area (Å²) in [6.45, 7) is 3.40. The SMILES string of the molecule is C[N@@+]1(CCCOc2cccc(C#N)c2)CCC(C(C(N)=O)(c2ccccc2)c2ccccc2)C1. The first-order valence-corrected chi connectivity index (χ1v) is 11.9. The van der Waals surface area contributed by atoms with Gasteiger partial charge in [-0.3, -0.25) is 4.79 Å². The van der Waals surface area contributed by atoms with E-state index in [9.17, 15) is 4.79 Å². The second-order valence-corrected chi connectivity index (χ2v) is 9.48. The molecule has 0 saturated carbocycles. The molecule has 0 aliphatic carbocycles. The highest BCUT2D eigenvalue weighted by Crippen LogP contribution is 2.45. The summed E-state index contributed by atoms with van der Waals surface area (Å²) in [5.41, 5.74) is 7.90. The number of hydrogen-bond acceptors (Lipinski definition) is 3. The molecule has 5 nitrogen and oxygen atoms in total. The van der Waals surface area contributed by atoms with Crippen molar-refractivity contribution in [1.82, 2.24) is 0 Å². The summed E-state index contributed by atoms with van der Waals surface area (Å²) >= 11 is 0. The normalized spacial score (nSPS) is 19.9. The Balaban J connectivity index is 1.50. The van der Waals surface area contributed by atoms with Crippen LogP contribution < -0.4 is 10.5 Å². The van der Waals surface area contributed by atoms with Gasteiger partial charge in [0, 0.05) is 18.8 Å². The molecule has 3 aromatic rings. The van der Waals surface area contributed by atoms with E-state index in [1.165, 1.54) is 0 Å². The van der Waals surface area contributed by atoms with Crippen LogP contribution in [0.5, 0.6) is 5.75 Å². The molecule has 2 N–H and O–H groups in total. The van der Waals surface area contributed by atoms with Crippen LogP contribution in [-0.4, -0.2) is 43.7 Å². The van der Waals surface area contributed by atoms with E-state index >= 15 is 0 Å². The van der Waals surface area contributed by atoms with Gasteiger partial charge in [-0.25, -0.2) is 0 Å². The van der Waals surface area contributed by atoms with Crippen LogP contribution in [-0.2, 0) is 10.2 Å². The highest BCUT2D eigenvalue weighted by atomic mass is 16.5. The quantitative estimate of drug-likeness (QED) is 0.388. The lowest BCUT2D eigenvalue weighted by atomic mass is 9.64. The number of likely N-dealkylation sites (tertiary alicyclic amines) is 1. The van der Waals surface area contributed by atoms with E-state index in [1.54, 1.807) is 12.1 Å². The van der Waals surface area contributed by atoms with Gasteiger partial charge in [0.25, 0.3) is 0 Å². The average molecular weight is 455 g/mol. The van der Waals surface area contributed by atoms with Crippen LogP contribution in [0.15, 0.2) is 84.9 Å². The second-order valence-electron chi connectivity index (χ2n) is 9.48. The maximum absolute atomic E-state index is 13.3. The van der Waals surface area contributed by atoms with E-state index in [0.29, 0.717) is 12.2 Å². The number of carbonyl (C=O) groups is 1. The molecule has 5 heteroatoms. The van der Waals surface area contributed by atoms with E-state index in [2.05, 4.69) is 13.1 Å². The Kier molecular flexibility index (Phi) is 7.00. The molecule has 0 bridgehead atoms. The second kappa shape index (κ2) is 10.1. The molecular formula is C29H32N3O2+. The molecular weight excluding hydrogens is 422 g/mol. The van der Waals surface area contributed by atoms with Crippen molar-refractivity contribution in [3.05, 3.63) is 102 Å². The van der Waals surface area contributed by atoms with Crippen LogP contribution >= 0.6 is 0 Å². The lowest BCUT2D eigenvalue weighted by molar-refractivity contribution is -0.899. The van der Waals surface area contributed by atoms with Crippen LogP contribution in [0.3, 0.4) is 0 Å². The Morgan fingerprint density at radius 3 is 2.29 bits per heavy atom. The van der Waals surface area contributed by atoms with Crippen LogP contribution in [0.2, 0.25) is 0 Å². The maximum Gasteiger partial charge on any atom is 0.233 e. The number of nitriles is 1. The zero-order chi connectivity index (χ0) is 24.0. The lowest BCUT2D eigenvalue weighted by Crippen LogP contribution is -2.51. The van der Waals surface area contributed by atoms with Crippen LogP contribution in [0.4, 0.5) is 0 Å². The largest absolute Gasteiger partial charge is 0.493 e. The molecule has 0 spiro atoms. The number of benzene rings is 3. The molecule has 1 heterocycles. The maximum atomic E-state index is 13.3. The van der Waals surface area contributed by atoms with Gasteiger partial charge in [0.2, 0.25) is 5.91 Å². The van der Waals surface area contributed by atoms with Crippen molar-refractivity contribution >= 4 is 5.91 Å². The summed E-state index contributed by atoms with van der Waals surface area (Å²) in [6.07, 6.45) is 1.81. The summed E-state index contributed by atoms with van der Waals surface area (Å²) < 4.78 is 6.77. The standard InChI is InChI=1S/C29H31N3O2/c1-32(17-9-19-34-27-15-8-10-23(20-27)21-30)18-16-26(22-32)29(28(31)33,24-11-4-2-5-12-24)25-13-6-3-7-14-25/h2-8,10-15,20,26H,9,16-19,22H2,1H3,(H-,31,33)/p+1/t26?,32-/m1/s1. The fraction of sp³-hybridized carbons (Fsp3) is 0.310. The number of nitrogens with two attached hydrogens (primary N) is 1. The third-order valence-corrected chi connectivity index (χ3v) is 7.21. The van der Waals surface area contributed by atoms with Crippen molar-refractivity contribution in [3.63, 3.8) is 0 Å². The highest BCUT2D eigenvalue weighted by Gasteiger charge is 2.53. The first-order valence-electron chi connectivity index (χ1n) is 11.9. The Hall–Kier alpha value is -3.62. The number of amides is 1. The van der Waals surface area contributed by atoms with Crippen molar-refractivity contribution in [2.24, 2.45) is 11.7 Å². The summed E-state index contributed by atoms with van der Waals surface area (Å²) in [5.74, 6) is 0.541. The van der Waals surface area contributed by atoms with Crippen LogP contribution in [0.1, 0.15) is 29.5 Å². The molecule has 4 rings (SSSR count). The van der Waals surface area contributed by atoms with Crippen molar-refractivity contribution in [2.75, 3.05) is 33.3 Å². The number of nitrogens with zero attached hydrogens (tertiary/aromatic N) is 2. The van der Waals surface area contributed by atoms with E-state index in [1.807, 2.05) is 72.8 Å². The first-order chi connectivity index (χ1) is 16.5. The Labute approximate surface area is 202 Å². The third-order valence-electron chi connectivity index (χ3n) is 7.21. The van der Waals surface area contributed by atoms with Crippen molar-refractivity contribution in [2.45, 2.75) is 18.3 Å². The number of hydrogen-bond donors (Lipinski definition) is 1. The van der Waals surface area contributed by atoms with Crippen molar-refractivity contribution in [1.29, 1.82) is 5.26 Å². The van der Waals surface area contributed by atoms with Crippen LogP contribution in [0, 0.1) is 17.2 Å². The molecule has 174 valence electrons. The topological polar surface area (TPSA) is 76.1 Å². The summed E-state index contributed by atoms with van der Waals surface area (Å²) in [4.78, 5) is 13.3. The molecule has 0 aromatic heterocycles. The summed E-state index contributed by atoms with van der Waals surface area (Å²) in [6, 6.07) is 29.4. The van der Waals surface area contributed by atoms with Gasteiger partial charge in [-0.05, 0) is 29.3 Å².